The molecule has 0 aliphatic heterocycles. The number of hydrogen-bond acceptors (Lipinski definition) is 2. The second-order valence-corrected chi connectivity index (χ2v) is 3.96. The van der Waals surface area contributed by atoms with Crippen molar-refractivity contribution >= 4 is 0 Å². The predicted octanol–water partition coefficient (Wildman–Crippen LogP) is 2.26. The predicted molar refractivity (Wildman–Crippen MR) is 65.1 cm³/mol. The number of nitrogens with two attached hydrogens (primary N) is 1. The molecule has 16 heavy (non-hydrogen) atoms. The van der Waals surface area contributed by atoms with Gasteiger partial charge in [-0.25, -0.2) is 0 Å². The molecular weight excluding hydrogens is 198 g/mol. The fourth-order valence-corrected chi connectivity index (χ4v) is 1.91. The van der Waals surface area contributed by atoms with Crippen LogP contribution in [-0.4, -0.2) is 9.78 Å². The highest BCUT2D eigenvalue weighted by molar-refractivity contribution is 5.30. The maximum atomic E-state index is 6.25. The van der Waals surface area contributed by atoms with E-state index in [-0.39, 0.29) is 6.04 Å². The van der Waals surface area contributed by atoms with Crippen LogP contribution in [0.25, 0.3) is 0 Å². The summed E-state index contributed by atoms with van der Waals surface area (Å²) in [5, 5.41) is 4.24. The maximum Gasteiger partial charge on any atom is 0.0723 e. The lowest BCUT2D eigenvalue weighted by Gasteiger charge is -2.14. The van der Waals surface area contributed by atoms with E-state index in [1.54, 1.807) is 6.20 Å². The van der Waals surface area contributed by atoms with Crippen LogP contribution in [0.1, 0.15) is 29.8 Å². The van der Waals surface area contributed by atoms with Gasteiger partial charge in [0, 0.05) is 12.7 Å². The summed E-state index contributed by atoms with van der Waals surface area (Å²) < 4.78 is 1.94. The third-order valence-electron chi connectivity index (χ3n) is 2.77. The van der Waals surface area contributed by atoms with Crippen molar-refractivity contribution in [2.45, 2.75) is 26.4 Å². The molecule has 2 rings (SSSR count). The molecule has 0 aliphatic rings. The van der Waals surface area contributed by atoms with Gasteiger partial charge in [-0.2, -0.15) is 5.10 Å². The van der Waals surface area contributed by atoms with E-state index < -0.39 is 0 Å². The molecule has 0 saturated carbocycles. The van der Waals surface area contributed by atoms with Gasteiger partial charge in [-0.3, -0.25) is 4.68 Å². The zero-order chi connectivity index (χ0) is 11.5. The van der Waals surface area contributed by atoms with Gasteiger partial charge < -0.3 is 5.73 Å². The van der Waals surface area contributed by atoms with E-state index in [1.165, 1.54) is 5.56 Å². The number of aryl methyl sites for hydroxylation is 2. The summed E-state index contributed by atoms with van der Waals surface area (Å²) in [6, 6.07) is 10.2. The quantitative estimate of drug-likeness (QED) is 0.853. The van der Waals surface area contributed by atoms with Gasteiger partial charge in [-0.15, -0.1) is 0 Å². The molecule has 2 N–H and O–H groups in total. The van der Waals surface area contributed by atoms with Crippen LogP contribution in [0.4, 0.5) is 0 Å². The summed E-state index contributed by atoms with van der Waals surface area (Å²) in [6.07, 6.45) is 1.80. The summed E-state index contributed by atoms with van der Waals surface area (Å²) in [5.41, 5.74) is 9.67. The van der Waals surface area contributed by atoms with E-state index in [0.29, 0.717) is 0 Å². The van der Waals surface area contributed by atoms with Crippen molar-refractivity contribution in [3.05, 3.63) is 53.3 Å². The smallest absolute Gasteiger partial charge is 0.0723 e. The minimum atomic E-state index is -0.0950. The van der Waals surface area contributed by atoms with Gasteiger partial charge >= 0.3 is 0 Å². The zero-order valence-corrected chi connectivity index (χ0v) is 9.72. The highest BCUT2D eigenvalue weighted by Gasteiger charge is 2.12. The van der Waals surface area contributed by atoms with Crippen molar-refractivity contribution in [3.8, 4) is 0 Å². The Morgan fingerprint density at radius 1 is 1.38 bits per heavy atom. The van der Waals surface area contributed by atoms with Gasteiger partial charge in [0.05, 0.1) is 11.7 Å². The topological polar surface area (TPSA) is 43.8 Å². The number of rotatable bonds is 3. The molecule has 1 unspecified atom stereocenters. The monoisotopic (exact) mass is 215 g/mol. The minimum absolute atomic E-state index is 0.0950. The lowest BCUT2D eigenvalue weighted by molar-refractivity contribution is 0.601. The Labute approximate surface area is 95.9 Å². The fraction of sp³-hybridized carbons (Fsp3) is 0.308. The van der Waals surface area contributed by atoms with Crippen molar-refractivity contribution in [3.63, 3.8) is 0 Å². The molecule has 0 aliphatic carbocycles. The maximum absolute atomic E-state index is 6.25. The highest BCUT2D eigenvalue weighted by atomic mass is 15.3. The molecule has 0 bridgehead atoms. The van der Waals surface area contributed by atoms with Crippen molar-refractivity contribution in [2.24, 2.45) is 5.73 Å². The van der Waals surface area contributed by atoms with Crippen LogP contribution in [0.2, 0.25) is 0 Å². The molecular formula is C13H17N3. The molecule has 1 aromatic carbocycles. The van der Waals surface area contributed by atoms with Crippen molar-refractivity contribution in [1.82, 2.24) is 9.78 Å². The fourth-order valence-electron chi connectivity index (χ4n) is 1.91. The first-order valence-electron chi connectivity index (χ1n) is 5.56. The van der Waals surface area contributed by atoms with E-state index in [2.05, 4.69) is 37.1 Å². The van der Waals surface area contributed by atoms with Crippen LogP contribution in [0, 0.1) is 6.92 Å². The zero-order valence-electron chi connectivity index (χ0n) is 9.72. The molecule has 1 heterocycles. The Hall–Kier alpha value is -1.61. The molecule has 1 atom stereocenters. The summed E-state index contributed by atoms with van der Waals surface area (Å²) in [6.45, 7) is 4.99. The Kier molecular flexibility index (Phi) is 3.06. The summed E-state index contributed by atoms with van der Waals surface area (Å²) in [4.78, 5) is 0. The third-order valence-corrected chi connectivity index (χ3v) is 2.77. The summed E-state index contributed by atoms with van der Waals surface area (Å²) in [7, 11) is 0. The van der Waals surface area contributed by atoms with Crippen molar-refractivity contribution in [2.75, 3.05) is 0 Å². The second-order valence-electron chi connectivity index (χ2n) is 3.96. The SMILES string of the molecule is CCn1nccc1C(N)c1cccc(C)c1. The number of hydrogen-bond donors (Lipinski definition) is 1. The van der Waals surface area contributed by atoms with E-state index in [4.69, 9.17) is 5.73 Å². The van der Waals surface area contributed by atoms with Crippen LogP contribution >= 0.6 is 0 Å². The Morgan fingerprint density at radius 3 is 2.88 bits per heavy atom. The lowest BCUT2D eigenvalue weighted by atomic mass is 10.0. The van der Waals surface area contributed by atoms with E-state index in [9.17, 15) is 0 Å². The van der Waals surface area contributed by atoms with Crippen LogP contribution in [-0.2, 0) is 6.54 Å². The molecule has 0 saturated heterocycles. The molecule has 0 spiro atoms. The number of benzene rings is 1. The standard InChI is InChI=1S/C13H17N3/c1-3-16-12(7-8-15-16)13(14)11-6-4-5-10(2)9-11/h4-9,13H,3,14H2,1-2H3. The van der Waals surface area contributed by atoms with E-state index >= 15 is 0 Å². The molecule has 0 fully saturated rings. The van der Waals surface area contributed by atoms with Crippen molar-refractivity contribution in [1.29, 1.82) is 0 Å². The normalized spacial score (nSPS) is 12.7. The molecule has 0 radical (unpaired) electrons. The molecule has 3 nitrogen and oxygen atoms in total. The first kappa shape index (κ1) is 10.9. The highest BCUT2D eigenvalue weighted by Crippen LogP contribution is 2.19. The lowest BCUT2D eigenvalue weighted by Crippen LogP contribution is -2.17. The molecule has 1 aromatic heterocycles. The van der Waals surface area contributed by atoms with Crippen LogP contribution in [0.5, 0.6) is 0 Å². The third kappa shape index (κ3) is 1.99. The average molecular weight is 215 g/mol. The number of nitrogens with zero attached hydrogens (tertiary/aromatic N) is 2. The molecule has 0 amide bonds. The van der Waals surface area contributed by atoms with Crippen LogP contribution in [0.3, 0.4) is 0 Å². The van der Waals surface area contributed by atoms with Gasteiger partial charge in [-0.1, -0.05) is 29.8 Å². The van der Waals surface area contributed by atoms with Gasteiger partial charge in [0.25, 0.3) is 0 Å². The average Bonchev–Trinajstić information content (AvgIpc) is 2.76. The van der Waals surface area contributed by atoms with Gasteiger partial charge in [0.15, 0.2) is 0 Å². The molecule has 84 valence electrons. The van der Waals surface area contributed by atoms with Crippen LogP contribution < -0.4 is 5.73 Å². The summed E-state index contributed by atoms with van der Waals surface area (Å²) in [5.74, 6) is 0. The largest absolute Gasteiger partial charge is 0.319 e. The summed E-state index contributed by atoms with van der Waals surface area (Å²) >= 11 is 0. The molecule has 3 heteroatoms. The minimum Gasteiger partial charge on any atom is -0.319 e. The van der Waals surface area contributed by atoms with Gasteiger partial charge in [0.1, 0.15) is 0 Å². The van der Waals surface area contributed by atoms with Crippen molar-refractivity contribution < 1.29 is 0 Å². The second kappa shape index (κ2) is 4.49. The van der Waals surface area contributed by atoms with E-state index in [1.807, 2.05) is 16.8 Å². The number of aromatic nitrogens is 2. The Balaban J connectivity index is 2.35. The van der Waals surface area contributed by atoms with Crippen LogP contribution in [0.15, 0.2) is 36.5 Å². The first-order valence-corrected chi connectivity index (χ1v) is 5.56. The Morgan fingerprint density at radius 2 is 2.19 bits per heavy atom. The first-order chi connectivity index (χ1) is 7.72. The molecule has 2 aromatic rings. The Bertz CT molecular complexity index is 474. The van der Waals surface area contributed by atoms with Gasteiger partial charge in [0.2, 0.25) is 0 Å². The van der Waals surface area contributed by atoms with Gasteiger partial charge in [-0.05, 0) is 25.5 Å². The van der Waals surface area contributed by atoms with E-state index in [0.717, 1.165) is 17.8 Å².